The summed E-state index contributed by atoms with van der Waals surface area (Å²) in [7, 11) is 0. The van der Waals surface area contributed by atoms with E-state index < -0.39 is 6.08 Å². The average Bonchev–Trinajstić information content (AvgIpc) is 2.59. The maximum atomic E-state index is 12.9. The van der Waals surface area contributed by atoms with Crippen LogP contribution in [0.5, 0.6) is 0 Å². The summed E-state index contributed by atoms with van der Waals surface area (Å²) in [6.45, 7) is 6.24. The number of hydrogen-bond donors (Lipinski definition) is 2. The van der Waals surface area contributed by atoms with Crippen molar-refractivity contribution < 1.29 is 4.39 Å². The molecule has 5 nitrogen and oxygen atoms in total. The van der Waals surface area contributed by atoms with Crippen LogP contribution in [0.15, 0.2) is 6.33 Å². The van der Waals surface area contributed by atoms with E-state index in [1.54, 1.807) is 0 Å². The molecule has 0 radical (unpaired) electrons. The van der Waals surface area contributed by atoms with E-state index in [4.69, 9.17) is 0 Å². The smallest absolute Gasteiger partial charge is 0.288 e. The number of nitrogens with one attached hydrogen (secondary N) is 2. The molecule has 16 heavy (non-hydrogen) atoms. The lowest BCUT2D eigenvalue weighted by atomic mass is 10.1. The van der Waals surface area contributed by atoms with Gasteiger partial charge in [-0.2, -0.15) is 9.37 Å². The molecule has 0 bridgehead atoms. The van der Waals surface area contributed by atoms with E-state index in [0.717, 1.165) is 0 Å². The highest BCUT2D eigenvalue weighted by atomic mass is 19.1. The SMILES string of the molecule is CC(C)C(C)Nc1ncnc2[nH]c(F)nc12. The summed E-state index contributed by atoms with van der Waals surface area (Å²) >= 11 is 0. The van der Waals surface area contributed by atoms with Crippen LogP contribution in [0.25, 0.3) is 11.2 Å². The Morgan fingerprint density at radius 1 is 1.31 bits per heavy atom. The molecule has 0 fully saturated rings. The van der Waals surface area contributed by atoms with Crippen molar-refractivity contribution in [1.29, 1.82) is 0 Å². The molecule has 0 amide bonds. The van der Waals surface area contributed by atoms with Crippen molar-refractivity contribution in [2.24, 2.45) is 5.92 Å². The Labute approximate surface area is 92.5 Å². The van der Waals surface area contributed by atoms with Gasteiger partial charge in [-0.05, 0) is 12.8 Å². The van der Waals surface area contributed by atoms with Crippen LogP contribution in [-0.4, -0.2) is 26.0 Å². The van der Waals surface area contributed by atoms with Crippen LogP contribution >= 0.6 is 0 Å². The molecule has 0 aliphatic rings. The molecule has 0 aromatic carbocycles. The third kappa shape index (κ3) is 1.95. The molecular formula is C10H14FN5. The Bertz CT molecular complexity index is 493. The van der Waals surface area contributed by atoms with Crippen molar-refractivity contribution in [3.05, 3.63) is 12.4 Å². The molecule has 0 spiro atoms. The molecule has 86 valence electrons. The zero-order valence-electron chi connectivity index (χ0n) is 9.45. The minimum absolute atomic E-state index is 0.234. The molecule has 0 saturated heterocycles. The van der Waals surface area contributed by atoms with E-state index in [1.165, 1.54) is 6.33 Å². The standard InChI is InChI=1S/C10H14FN5/c1-5(2)6(3)14-8-7-9(13-4-12-8)16-10(11)15-7/h4-6H,1-3H3,(H2,12,13,14,15,16). The number of anilines is 1. The first kappa shape index (κ1) is 10.8. The lowest BCUT2D eigenvalue weighted by Gasteiger charge is -2.17. The Hall–Kier alpha value is -1.72. The van der Waals surface area contributed by atoms with Gasteiger partial charge in [0.25, 0.3) is 6.08 Å². The van der Waals surface area contributed by atoms with Crippen molar-refractivity contribution in [3.63, 3.8) is 0 Å². The second-order valence-corrected chi connectivity index (χ2v) is 4.12. The minimum atomic E-state index is -0.643. The van der Waals surface area contributed by atoms with Gasteiger partial charge in [0.05, 0.1) is 0 Å². The number of fused-ring (bicyclic) bond motifs is 1. The molecule has 0 aliphatic heterocycles. The number of rotatable bonds is 3. The zero-order valence-corrected chi connectivity index (χ0v) is 9.45. The topological polar surface area (TPSA) is 66.5 Å². The summed E-state index contributed by atoms with van der Waals surface area (Å²) in [4.78, 5) is 14.1. The average molecular weight is 223 g/mol. The molecule has 2 N–H and O–H groups in total. The quantitative estimate of drug-likeness (QED) is 0.780. The predicted octanol–water partition coefficient (Wildman–Crippen LogP) is 1.95. The number of H-pyrrole nitrogens is 1. The Balaban J connectivity index is 2.36. The Morgan fingerprint density at radius 2 is 2.06 bits per heavy atom. The highest BCUT2D eigenvalue weighted by Gasteiger charge is 2.13. The third-order valence-electron chi connectivity index (χ3n) is 2.62. The summed E-state index contributed by atoms with van der Waals surface area (Å²) in [6, 6.07) is 0.234. The van der Waals surface area contributed by atoms with Gasteiger partial charge in [-0.25, -0.2) is 9.97 Å². The van der Waals surface area contributed by atoms with Crippen LogP contribution in [0.4, 0.5) is 10.2 Å². The van der Waals surface area contributed by atoms with E-state index in [1.807, 2.05) is 6.92 Å². The van der Waals surface area contributed by atoms with Gasteiger partial charge >= 0.3 is 0 Å². The van der Waals surface area contributed by atoms with Crippen molar-refractivity contribution in [3.8, 4) is 0 Å². The molecular weight excluding hydrogens is 209 g/mol. The van der Waals surface area contributed by atoms with Gasteiger partial charge in [-0.3, -0.25) is 4.98 Å². The van der Waals surface area contributed by atoms with Gasteiger partial charge < -0.3 is 5.32 Å². The summed E-state index contributed by atoms with van der Waals surface area (Å²) in [5, 5.41) is 3.20. The first-order chi connectivity index (χ1) is 7.58. The fraction of sp³-hybridized carbons (Fsp3) is 0.500. The number of aromatic amines is 1. The van der Waals surface area contributed by atoms with E-state index in [9.17, 15) is 4.39 Å². The van der Waals surface area contributed by atoms with E-state index in [0.29, 0.717) is 22.9 Å². The van der Waals surface area contributed by atoms with Crippen LogP contribution in [0.3, 0.4) is 0 Å². The maximum Gasteiger partial charge on any atom is 0.288 e. The number of halogens is 1. The molecule has 2 aromatic heterocycles. The van der Waals surface area contributed by atoms with Crippen LogP contribution in [-0.2, 0) is 0 Å². The lowest BCUT2D eigenvalue weighted by Crippen LogP contribution is -2.22. The highest BCUT2D eigenvalue weighted by Crippen LogP contribution is 2.18. The molecule has 6 heteroatoms. The normalized spacial score (nSPS) is 13.3. The van der Waals surface area contributed by atoms with Gasteiger partial charge in [-0.1, -0.05) is 13.8 Å². The zero-order chi connectivity index (χ0) is 11.7. The van der Waals surface area contributed by atoms with Crippen LogP contribution in [0, 0.1) is 12.0 Å². The van der Waals surface area contributed by atoms with Gasteiger partial charge in [0.15, 0.2) is 17.0 Å². The first-order valence-electron chi connectivity index (χ1n) is 5.20. The van der Waals surface area contributed by atoms with Gasteiger partial charge in [-0.15, -0.1) is 0 Å². The number of nitrogens with zero attached hydrogens (tertiary/aromatic N) is 3. The summed E-state index contributed by atoms with van der Waals surface area (Å²) < 4.78 is 12.9. The molecule has 0 saturated carbocycles. The molecule has 0 aliphatic carbocycles. The Morgan fingerprint density at radius 3 is 2.75 bits per heavy atom. The maximum absolute atomic E-state index is 12.9. The van der Waals surface area contributed by atoms with Crippen molar-refractivity contribution in [1.82, 2.24) is 19.9 Å². The second-order valence-electron chi connectivity index (χ2n) is 4.12. The molecule has 1 unspecified atom stereocenters. The fourth-order valence-corrected chi connectivity index (χ4v) is 1.29. The fourth-order valence-electron chi connectivity index (χ4n) is 1.29. The summed E-state index contributed by atoms with van der Waals surface area (Å²) in [6.07, 6.45) is 0.741. The van der Waals surface area contributed by atoms with E-state index in [2.05, 4.69) is 39.1 Å². The second kappa shape index (κ2) is 4.03. The highest BCUT2D eigenvalue weighted by molar-refractivity contribution is 5.82. The lowest BCUT2D eigenvalue weighted by molar-refractivity contribution is 0.554. The Kier molecular flexibility index (Phi) is 2.72. The van der Waals surface area contributed by atoms with Crippen molar-refractivity contribution in [2.75, 3.05) is 5.32 Å². The summed E-state index contributed by atoms with van der Waals surface area (Å²) in [5.41, 5.74) is 0.846. The predicted molar refractivity (Wildman–Crippen MR) is 59.6 cm³/mol. The van der Waals surface area contributed by atoms with Crippen LogP contribution < -0.4 is 5.32 Å². The largest absolute Gasteiger partial charge is 0.365 e. The van der Waals surface area contributed by atoms with Crippen LogP contribution in [0.2, 0.25) is 0 Å². The van der Waals surface area contributed by atoms with Crippen molar-refractivity contribution >= 4 is 17.0 Å². The first-order valence-corrected chi connectivity index (χ1v) is 5.20. The molecule has 2 aromatic rings. The van der Waals surface area contributed by atoms with E-state index in [-0.39, 0.29) is 6.04 Å². The van der Waals surface area contributed by atoms with Gasteiger partial charge in [0, 0.05) is 6.04 Å². The number of aromatic nitrogens is 4. The third-order valence-corrected chi connectivity index (χ3v) is 2.62. The van der Waals surface area contributed by atoms with Gasteiger partial charge in [0.1, 0.15) is 6.33 Å². The number of hydrogen-bond acceptors (Lipinski definition) is 4. The molecule has 2 heterocycles. The van der Waals surface area contributed by atoms with Gasteiger partial charge in [0.2, 0.25) is 0 Å². The molecule has 1 atom stereocenters. The monoisotopic (exact) mass is 223 g/mol. The summed E-state index contributed by atoms with van der Waals surface area (Å²) in [5.74, 6) is 1.01. The van der Waals surface area contributed by atoms with Crippen LogP contribution in [0.1, 0.15) is 20.8 Å². The van der Waals surface area contributed by atoms with Crippen molar-refractivity contribution in [2.45, 2.75) is 26.8 Å². The molecule has 2 rings (SSSR count). The minimum Gasteiger partial charge on any atom is -0.365 e. The van der Waals surface area contributed by atoms with E-state index >= 15 is 0 Å². The number of imidazole rings is 1.